The quantitative estimate of drug-likeness (QED) is 0.711. The average molecular weight is 343 g/mol. The van der Waals surface area contributed by atoms with E-state index in [1.807, 2.05) is 18.2 Å². The number of nitrogens with one attached hydrogen (secondary N) is 1. The molecule has 3 aromatic rings. The highest BCUT2D eigenvalue weighted by Crippen LogP contribution is 2.29. The third-order valence-electron chi connectivity index (χ3n) is 3.61. The summed E-state index contributed by atoms with van der Waals surface area (Å²) in [6.07, 6.45) is 0. The van der Waals surface area contributed by atoms with Crippen molar-refractivity contribution < 1.29 is 13.9 Å². The van der Waals surface area contributed by atoms with Crippen LogP contribution in [0.3, 0.4) is 0 Å². The fourth-order valence-corrected chi connectivity index (χ4v) is 2.24. The molecule has 2 aromatic carbocycles. The first-order valence-electron chi connectivity index (χ1n) is 7.66. The van der Waals surface area contributed by atoms with Crippen molar-refractivity contribution >= 4 is 5.95 Å². The number of hydrogen-bond donors (Lipinski definition) is 1. The van der Waals surface area contributed by atoms with Gasteiger partial charge in [-0.3, -0.25) is 0 Å². The highest BCUT2D eigenvalue weighted by Gasteiger charge is 2.08. The highest BCUT2D eigenvalue weighted by molar-refractivity contribution is 5.44. The number of nitrogens with zero attached hydrogens (tertiary/aromatic N) is 4. The molecule has 0 saturated carbocycles. The number of tetrazole rings is 1. The molecular formula is C17H18FN5O2. The first kappa shape index (κ1) is 16.7. The van der Waals surface area contributed by atoms with Crippen LogP contribution in [-0.4, -0.2) is 27.3 Å². The molecule has 0 aliphatic heterocycles. The number of benzene rings is 2. The summed E-state index contributed by atoms with van der Waals surface area (Å²) in [4.78, 5) is 0. The van der Waals surface area contributed by atoms with E-state index in [9.17, 15) is 4.39 Å². The van der Waals surface area contributed by atoms with Gasteiger partial charge in [0.15, 0.2) is 11.5 Å². The van der Waals surface area contributed by atoms with Crippen molar-refractivity contribution in [1.82, 2.24) is 20.2 Å². The van der Waals surface area contributed by atoms with E-state index in [2.05, 4.69) is 20.8 Å². The monoisotopic (exact) mass is 343 g/mol. The van der Waals surface area contributed by atoms with E-state index in [4.69, 9.17) is 9.47 Å². The van der Waals surface area contributed by atoms with E-state index in [0.717, 1.165) is 11.1 Å². The first-order valence-corrected chi connectivity index (χ1v) is 7.66. The zero-order valence-electron chi connectivity index (χ0n) is 13.9. The van der Waals surface area contributed by atoms with Gasteiger partial charge in [0.1, 0.15) is 12.4 Å². The minimum atomic E-state index is -0.267. The number of aromatic nitrogens is 4. The molecule has 25 heavy (non-hydrogen) atoms. The Morgan fingerprint density at radius 1 is 1.08 bits per heavy atom. The summed E-state index contributed by atoms with van der Waals surface area (Å²) in [5, 5.41) is 14.3. The van der Waals surface area contributed by atoms with Gasteiger partial charge in [-0.1, -0.05) is 23.3 Å². The Balaban J connectivity index is 1.64. The Morgan fingerprint density at radius 2 is 1.84 bits per heavy atom. The van der Waals surface area contributed by atoms with Gasteiger partial charge in [0.05, 0.1) is 7.11 Å². The molecule has 1 N–H and O–H groups in total. The molecule has 1 aromatic heterocycles. The lowest BCUT2D eigenvalue weighted by Gasteiger charge is -2.13. The van der Waals surface area contributed by atoms with Gasteiger partial charge in [-0.2, -0.15) is 0 Å². The summed E-state index contributed by atoms with van der Waals surface area (Å²) < 4.78 is 25.7. The predicted octanol–water partition coefficient (Wildman–Crippen LogP) is 2.55. The van der Waals surface area contributed by atoms with Crippen LogP contribution < -0.4 is 14.8 Å². The maximum absolute atomic E-state index is 12.9. The van der Waals surface area contributed by atoms with Crippen LogP contribution >= 0.6 is 0 Å². The molecule has 0 aliphatic rings. The molecule has 0 aliphatic carbocycles. The second-order valence-electron chi connectivity index (χ2n) is 5.38. The smallest absolute Gasteiger partial charge is 0.242 e. The van der Waals surface area contributed by atoms with Crippen molar-refractivity contribution in [1.29, 1.82) is 0 Å². The van der Waals surface area contributed by atoms with Crippen molar-refractivity contribution in [3.05, 3.63) is 59.4 Å². The van der Waals surface area contributed by atoms with E-state index >= 15 is 0 Å². The van der Waals surface area contributed by atoms with Gasteiger partial charge in [0.25, 0.3) is 0 Å². The fourth-order valence-electron chi connectivity index (χ4n) is 2.24. The van der Waals surface area contributed by atoms with Crippen LogP contribution in [0.1, 0.15) is 11.1 Å². The topological polar surface area (TPSA) is 74.1 Å². The second kappa shape index (κ2) is 7.61. The lowest BCUT2D eigenvalue weighted by Crippen LogP contribution is -2.06. The zero-order valence-corrected chi connectivity index (χ0v) is 13.9. The highest BCUT2D eigenvalue weighted by atomic mass is 19.1. The number of halogens is 1. The lowest BCUT2D eigenvalue weighted by molar-refractivity contribution is 0.284. The zero-order chi connectivity index (χ0) is 17.6. The number of hydrogen-bond acceptors (Lipinski definition) is 6. The number of aryl methyl sites for hydroxylation is 1. The van der Waals surface area contributed by atoms with Crippen molar-refractivity contribution in [2.75, 3.05) is 12.4 Å². The molecule has 0 atom stereocenters. The molecule has 0 spiro atoms. The predicted molar refractivity (Wildman–Crippen MR) is 89.9 cm³/mol. The SMILES string of the molecule is COc1cc(CNc2nnnn2C)ccc1OCc1ccc(F)cc1. The normalized spacial score (nSPS) is 10.5. The molecule has 8 heteroatoms. The average Bonchev–Trinajstić information content (AvgIpc) is 3.04. The molecule has 1 heterocycles. The maximum atomic E-state index is 12.9. The van der Waals surface area contributed by atoms with Crippen LogP contribution in [0.15, 0.2) is 42.5 Å². The van der Waals surface area contributed by atoms with Crippen molar-refractivity contribution in [3.8, 4) is 11.5 Å². The van der Waals surface area contributed by atoms with Gasteiger partial charge in [0, 0.05) is 13.6 Å². The Labute approximate surface area is 144 Å². The summed E-state index contributed by atoms with van der Waals surface area (Å²) in [5.41, 5.74) is 1.87. The molecule has 0 amide bonds. The van der Waals surface area contributed by atoms with Crippen LogP contribution in [0.5, 0.6) is 11.5 Å². The van der Waals surface area contributed by atoms with Gasteiger partial charge >= 0.3 is 0 Å². The van der Waals surface area contributed by atoms with Gasteiger partial charge < -0.3 is 14.8 Å². The maximum Gasteiger partial charge on any atom is 0.242 e. The van der Waals surface area contributed by atoms with Crippen LogP contribution in [-0.2, 0) is 20.2 Å². The third-order valence-corrected chi connectivity index (χ3v) is 3.61. The van der Waals surface area contributed by atoms with Crippen molar-refractivity contribution in [3.63, 3.8) is 0 Å². The van der Waals surface area contributed by atoms with Crippen LogP contribution in [0, 0.1) is 5.82 Å². The van der Waals surface area contributed by atoms with E-state index in [0.29, 0.717) is 30.6 Å². The molecule has 0 unspecified atom stereocenters. The minimum Gasteiger partial charge on any atom is -0.493 e. The first-order chi connectivity index (χ1) is 12.2. The number of rotatable bonds is 7. The number of ether oxygens (including phenoxy) is 2. The Hall–Kier alpha value is -3.16. The summed E-state index contributed by atoms with van der Waals surface area (Å²) in [5.74, 6) is 1.56. The third kappa shape index (κ3) is 4.23. The van der Waals surface area contributed by atoms with Crippen LogP contribution in [0.25, 0.3) is 0 Å². The van der Waals surface area contributed by atoms with E-state index in [-0.39, 0.29) is 5.82 Å². The lowest BCUT2D eigenvalue weighted by atomic mass is 10.2. The minimum absolute atomic E-state index is 0.267. The number of methoxy groups -OCH3 is 1. The standard InChI is InChI=1S/C17H18FN5O2/c1-23-17(20-21-22-23)19-10-13-5-8-15(16(9-13)24-2)25-11-12-3-6-14(18)7-4-12/h3-9H,10-11H2,1-2H3,(H,19,20,22). The second-order valence-corrected chi connectivity index (χ2v) is 5.38. The van der Waals surface area contributed by atoms with Crippen LogP contribution in [0.4, 0.5) is 10.3 Å². The fraction of sp³-hybridized carbons (Fsp3) is 0.235. The van der Waals surface area contributed by atoms with Gasteiger partial charge in [-0.15, -0.1) is 0 Å². The number of anilines is 1. The Bertz CT molecular complexity index is 835. The Morgan fingerprint density at radius 3 is 2.52 bits per heavy atom. The van der Waals surface area contributed by atoms with Crippen LogP contribution in [0.2, 0.25) is 0 Å². The van der Waals surface area contributed by atoms with Crippen molar-refractivity contribution in [2.24, 2.45) is 7.05 Å². The molecule has 0 radical (unpaired) electrons. The molecule has 3 rings (SSSR count). The van der Waals surface area contributed by atoms with Gasteiger partial charge in [-0.05, 0) is 45.8 Å². The van der Waals surface area contributed by atoms with Gasteiger partial charge in [-0.25, -0.2) is 9.07 Å². The largest absolute Gasteiger partial charge is 0.493 e. The van der Waals surface area contributed by atoms with E-state index in [1.54, 1.807) is 31.0 Å². The Kier molecular flexibility index (Phi) is 5.08. The summed E-state index contributed by atoms with van der Waals surface area (Å²) in [6.45, 7) is 0.877. The van der Waals surface area contributed by atoms with E-state index < -0.39 is 0 Å². The summed E-state index contributed by atoms with van der Waals surface area (Å²) >= 11 is 0. The van der Waals surface area contributed by atoms with Crippen molar-refractivity contribution in [2.45, 2.75) is 13.2 Å². The molecule has 0 saturated heterocycles. The summed E-state index contributed by atoms with van der Waals surface area (Å²) in [6, 6.07) is 11.9. The molecule has 0 bridgehead atoms. The molecular weight excluding hydrogens is 325 g/mol. The van der Waals surface area contributed by atoms with Gasteiger partial charge in [0.2, 0.25) is 5.95 Å². The molecule has 130 valence electrons. The molecule has 0 fully saturated rings. The summed E-state index contributed by atoms with van der Waals surface area (Å²) in [7, 11) is 3.35. The van der Waals surface area contributed by atoms with E-state index in [1.165, 1.54) is 12.1 Å². The molecule has 7 nitrogen and oxygen atoms in total.